The lowest BCUT2D eigenvalue weighted by Crippen LogP contribution is -2.61. The van der Waals surface area contributed by atoms with Crippen molar-refractivity contribution in [2.24, 2.45) is 0 Å². The summed E-state index contributed by atoms with van der Waals surface area (Å²) in [5.74, 6) is 0.999. The smallest absolute Gasteiger partial charge is 0.224 e. The number of anilines is 1. The third kappa shape index (κ3) is 4.00. The van der Waals surface area contributed by atoms with Gasteiger partial charge in [-0.15, -0.1) is 11.8 Å². The largest absolute Gasteiger partial charge is 0.393 e. The first-order valence-electron chi connectivity index (χ1n) is 10.4. The second-order valence-electron chi connectivity index (χ2n) is 8.27. The van der Waals surface area contributed by atoms with E-state index in [1.807, 2.05) is 11.8 Å². The van der Waals surface area contributed by atoms with E-state index in [1.165, 1.54) is 4.90 Å². The van der Waals surface area contributed by atoms with E-state index in [9.17, 15) is 5.11 Å². The van der Waals surface area contributed by atoms with Crippen molar-refractivity contribution in [2.45, 2.75) is 41.6 Å². The summed E-state index contributed by atoms with van der Waals surface area (Å²) in [5.41, 5.74) is 1.11. The maximum Gasteiger partial charge on any atom is 0.224 e. The number of halogens is 1. The van der Waals surface area contributed by atoms with Crippen molar-refractivity contribution in [1.29, 1.82) is 0 Å². The van der Waals surface area contributed by atoms with Crippen LogP contribution in [-0.4, -0.2) is 101 Å². The number of aliphatic hydroxyl groups excluding tert-OH is 1. The van der Waals surface area contributed by atoms with Gasteiger partial charge in [0.15, 0.2) is 0 Å². The lowest BCUT2D eigenvalue weighted by Gasteiger charge is -2.48. The molecule has 4 aliphatic rings. The predicted octanol–water partition coefficient (Wildman–Crippen LogP) is 1.12. The number of ether oxygens (including phenoxy) is 1. The van der Waals surface area contributed by atoms with Crippen molar-refractivity contribution in [3.05, 3.63) is 11.0 Å². The summed E-state index contributed by atoms with van der Waals surface area (Å²) in [6, 6.07) is 0.666. The van der Waals surface area contributed by atoms with Crippen LogP contribution < -0.4 is 4.90 Å². The molecule has 0 amide bonds. The van der Waals surface area contributed by atoms with Gasteiger partial charge in [0.05, 0.1) is 29.9 Å². The minimum atomic E-state index is -0.0885. The number of hydrogen-bond acceptors (Lipinski definition) is 8. The number of nitrogens with zero attached hydrogens (tertiary/aromatic N) is 5. The van der Waals surface area contributed by atoms with Crippen LogP contribution in [0.4, 0.5) is 5.82 Å². The van der Waals surface area contributed by atoms with Gasteiger partial charge < -0.3 is 14.7 Å². The quantitative estimate of drug-likeness (QED) is 0.720. The van der Waals surface area contributed by atoms with E-state index in [4.69, 9.17) is 16.3 Å². The third-order valence-electron chi connectivity index (χ3n) is 6.32. The molecule has 0 aliphatic carbocycles. The van der Waals surface area contributed by atoms with Gasteiger partial charge in [-0.3, -0.25) is 9.80 Å². The summed E-state index contributed by atoms with van der Waals surface area (Å²) >= 11 is 8.16. The molecule has 0 saturated carbocycles. The Hall–Kier alpha value is -0.640. The van der Waals surface area contributed by atoms with E-state index in [-0.39, 0.29) is 6.10 Å². The Bertz CT molecular complexity index is 706. The fourth-order valence-electron chi connectivity index (χ4n) is 4.69. The molecule has 0 radical (unpaired) electrons. The van der Waals surface area contributed by atoms with Crippen molar-refractivity contribution >= 4 is 29.2 Å². The van der Waals surface area contributed by atoms with Crippen LogP contribution in [0.15, 0.2) is 4.90 Å². The molecular weight excluding hydrogens is 398 g/mol. The van der Waals surface area contributed by atoms with Crippen LogP contribution in [0.5, 0.6) is 0 Å². The Kier molecular flexibility index (Phi) is 5.69. The van der Waals surface area contributed by atoms with Gasteiger partial charge in [0.1, 0.15) is 5.82 Å². The lowest BCUT2D eigenvalue weighted by atomic mass is 10.0. The first kappa shape index (κ1) is 19.3. The van der Waals surface area contributed by atoms with E-state index in [0.717, 1.165) is 89.8 Å². The number of hydrogen-bond donors (Lipinski definition) is 1. The average Bonchev–Trinajstić information content (AvgIpc) is 3.08. The Morgan fingerprint density at radius 1 is 1.11 bits per heavy atom. The SMILES string of the molecule is OC1CCN(C2CN(CC3Cc4nc(Cl)nc(N5CCOCC5)c4S3)C2)CC1. The van der Waals surface area contributed by atoms with Gasteiger partial charge in [0.2, 0.25) is 5.28 Å². The summed E-state index contributed by atoms with van der Waals surface area (Å²) in [4.78, 5) is 17.7. The van der Waals surface area contributed by atoms with Gasteiger partial charge in [-0.25, -0.2) is 4.98 Å². The predicted molar refractivity (Wildman–Crippen MR) is 110 cm³/mol. The summed E-state index contributed by atoms with van der Waals surface area (Å²) in [5, 5.41) is 10.6. The second-order valence-corrected chi connectivity index (χ2v) is 9.92. The first-order valence-corrected chi connectivity index (χ1v) is 11.6. The van der Waals surface area contributed by atoms with Gasteiger partial charge >= 0.3 is 0 Å². The van der Waals surface area contributed by atoms with E-state index in [1.54, 1.807) is 0 Å². The summed E-state index contributed by atoms with van der Waals surface area (Å²) in [7, 11) is 0. The number of morpholine rings is 1. The minimum Gasteiger partial charge on any atom is -0.393 e. The van der Waals surface area contributed by atoms with Crippen LogP contribution >= 0.6 is 23.4 Å². The molecule has 4 aliphatic heterocycles. The zero-order valence-corrected chi connectivity index (χ0v) is 17.7. The van der Waals surface area contributed by atoms with Crippen molar-refractivity contribution in [3.63, 3.8) is 0 Å². The monoisotopic (exact) mass is 425 g/mol. The number of aliphatic hydroxyl groups is 1. The lowest BCUT2D eigenvalue weighted by molar-refractivity contribution is -0.00389. The Labute approximate surface area is 175 Å². The molecule has 1 unspecified atom stereocenters. The molecule has 3 fully saturated rings. The molecule has 1 aromatic rings. The minimum absolute atomic E-state index is 0.0885. The van der Waals surface area contributed by atoms with Gasteiger partial charge in [-0.1, -0.05) is 0 Å². The summed E-state index contributed by atoms with van der Waals surface area (Å²) in [6.45, 7) is 8.68. The standard InChI is InChI=1S/C19H28ClN5O2S/c20-19-21-16-9-15(28-17(16)18(22-19)25-5-7-27-8-6-25)12-23-10-13(11-23)24-3-1-14(26)2-4-24/h13-15,26H,1-12H2. The van der Waals surface area contributed by atoms with E-state index in [2.05, 4.69) is 24.7 Å². The second kappa shape index (κ2) is 8.24. The van der Waals surface area contributed by atoms with Crippen molar-refractivity contribution in [2.75, 3.05) is 63.9 Å². The maximum absolute atomic E-state index is 9.69. The average molecular weight is 426 g/mol. The molecule has 154 valence electrons. The molecule has 1 aromatic heterocycles. The van der Waals surface area contributed by atoms with E-state index in [0.29, 0.717) is 16.6 Å². The van der Waals surface area contributed by atoms with Crippen LogP contribution in [-0.2, 0) is 11.2 Å². The first-order chi connectivity index (χ1) is 13.7. The molecule has 7 nitrogen and oxygen atoms in total. The molecule has 3 saturated heterocycles. The van der Waals surface area contributed by atoms with Gasteiger partial charge in [0.25, 0.3) is 0 Å². The zero-order chi connectivity index (χ0) is 19.1. The molecule has 5 rings (SSSR count). The topological polar surface area (TPSA) is 65.0 Å². The number of thioether (sulfide) groups is 1. The molecule has 1 atom stereocenters. The Morgan fingerprint density at radius 3 is 2.61 bits per heavy atom. The molecular formula is C19H28ClN5O2S. The van der Waals surface area contributed by atoms with Gasteiger partial charge in [-0.05, 0) is 24.4 Å². The van der Waals surface area contributed by atoms with Crippen molar-refractivity contribution in [1.82, 2.24) is 19.8 Å². The van der Waals surface area contributed by atoms with E-state index < -0.39 is 0 Å². The van der Waals surface area contributed by atoms with Gasteiger partial charge in [-0.2, -0.15) is 4.98 Å². The normalized spacial score (nSPS) is 27.8. The number of aromatic nitrogens is 2. The Morgan fingerprint density at radius 2 is 1.86 bits per heavy atom. The highest BCUT2D eigenvalue weighted by Gasteiger charge is 2.37. The van der Waals surface area contributed by atoms with E-state index >= 15 is 0 Å². The highest BCUT2D eigenvalue weighted by molar-refractivity contribution is 8.00. The van der Waals surface area contributed by atoms with Crippen LogP contribution in [0.2, 0.25) is 5.28 Å². The molecule has 0 bridgehead atoms. The molecule has 0 aromatic carbocycles. The van der Waals surface area contributed by atoms with Crippen LogP contribution in [0.25, 0.3) is 0 Å². The molecule has 28 heavy (non-hydrogen) atoms. The fraction of sp³-hybridized carbons (Fsp3) is 0.789. The van der Waals surface area contributed by atoms with Crippen molar-refractivity contribution < 1.29 is 9.84 Å². The van der Waals surface area contributed by atoms with Crippen molar-refractivity contribution in [3.8, 4) is 0 Å². The third-order valence-corrected chi connectivity index (χ3v) is 7.79. The number of rotatable bonds is 4. The van der Waals surface area contributed by atoms with Crippen LogP contribution in [0.3, 0.4) is 0 Å². The maximum atomic E-state index is 9.69. The highest BCUT2D eigenvalue weighted by atomic mass is 35.5. The Balaban J connectivity index is 1.17. The number of likely N-dealkylation sites (tertiary alicyclic amines) is 2. The fourth-order valence-corrected chi connectivity index (χ4v) is 6.28. The van der Waals surface area contributed by atoms with Crippen LogP contribution in [0.1, 0.15) is 18.5 Å². The summed E-state index contributed by atoms with van der Waals surface area (Å²) < 4.78 is 5.48. The van der Waals surface area contributed by atoms with Crippen LogP contribution in [0, 0.1) is 0 Å². The van der Waals surface area contributed by atoms with Gasteiger partial charge in [0, 0.05) is 63.5 Å². The zero-order valence-electron chi connectivity index (χ0n) is 16.1. The molecule has 5 heterocycles. The molecule has 9 heteroatoms. The number of piperidine rings is 1. The molecule has 1 N–H and O–H groups in total. The molecule has 0 spiro atoms. The highest BCUT2D eigenvalue weighted by Crippen LogP contribution is 2.43. The summed E-state index contributed by atoms with van der Waals surface area (Å²) in [6.07, 6.45) is 2.73. The number of fused-ring (bicyclic) bond motifs is 1.